The lowest BCUT2D eigenvalue weighted by Gasteiger charge is -2.27. The Labute approximate surface area is 134 Å². The molecular weight excluding hydrogens is 333 g/mol. The van der Waals surface area contributed by atoms with Gasteiger partial charge in [-0.3, -0.25) is 9.59 Å². The Kier molecular flexibility index (Phi) is 5.82. The number of nitrogens with one attached hydrogen (secondary N) is 2. The Morgan fingerprint density at radius 1 is 1.52 bits per heavy atom. The number of nitriles is 1. The van der Waals surface area contributed by atoms with Gasteiger partial charge in [-0.1, -0.05) is 25.6 Å². The van der Waals surface area contributed by atoms with Crippen LogP contribution in [0.5, 0.6) is 0 Å². The number of alkyl halides is 3. The van der Waals surface area contributed by atoms with Crippen molar-refractivity contribution in [3.63, 3.8) is 0 Å². The third-order valence-corrected chi connectivity index (χ3v) is 4.01. The smallest absolute Gasteiger partial charge is 0.337 e. The first-order chi connectivity index (χ1) is 10.5. The number of rotatable bonds is 5. The predicted octanol–water partition coefficient (Wildman–Crippen LogP) is 1.94. The molecule has 0 bridgehead atoms. The van der Waals surface area contributed by atoms with Crippen molar-refractivity contribution in [2.24, 2.45) is 5.92 Å². The molecule has 10 heteroatoms. The van der Waals surface area contributed by atoms with Crippen molar-refractivity contribution in [2.45, 2.75) is 37.6 Å². The van der Waals surface area contributed by atoms with Gasteiger partial charge < -0.3 is 10.3 Å². The topological polar surface area (TPSA) is 98.6 Å². The van der Waals surface area contributed by atoms with Crippen LogP contribution in [-0.4, -0.2) is 27.2 Å². The van der Waals surface area contributed by atoms with E-state index in [9.17, 15) is 22.8 Å². The summed E-state index contributed by atoms with van der Waals surface area (Å²) in [5.41, 5.74) is -3.38. The van der Waals surface area contributed by atoms with E-state index in [0.29, 0.717) is 17.8 Å². The quantitative estimate of drug-likeness (QED) is 0.626. The fraction of sp³-hybridized carbons (Fsp3) is 0.538. The van der Waals surface area contributed by atoms with Crippen molar-refractivity contribution >= 4 is 17.7 Å². The van der Waals surface area contributed by atoms with Crippen LogP contribution in [0.3, 0.4) is 0 Å². The maximum Gasteiger partial charge on any atom is 0.433 e. The molecule has 1 heterocycles. The zero-order chi connectivity index (χ0) is 17.8. The molecule has 0 spiro atoms. The van der Waals surface area contributed by atoms with Crippen molar-refractivity contribution < 1.29 is 18.0 Å². The summed E-state index contributed by atoms with van der Waals surface area (Å²) in [6.07, 6.45) is -4.75. The van der Waals surface area contributed by atoms with Crippen LogP contribution in [0, 0.1) is 17.2 Å². The zero-order valence-corrected chi connectivity index (χ0v) is 13.4. The van der Waals surface area contributed by atoms with E-state index >= 15 is 0 Å². The minimum atomic E-state index is -4.75. The second-order valence-electron chi connectivity index (χ2n) is 5.24. The first kappa shape index (κ1) is 19.0. The van der Waals surface area contributed by atoms with E-state index in [2.05, 4.69) is 15.3 Å². The summed E-state index contributed by atoms with van der Waals surface area (Å²) in [6.45, 7) is 5.05. The second kappa shape index (κ2) is 7.04. The molecule has 6 nitrogen and oxygen atoms in total. The lowest BCUT2D eigenvalue weighted by Crippen LogP contribution is -2.49. The lowest BCUT2D eigenvalue weighted by atomic mass is 9.90. The Hall–Kier alpha value is -2.02. The predicted molar refractivity (Wildman–Crippen MR) is 77.6 cm³/mol. The van der Waals surface area contributed by atoms with Gasteiger partial charge in [-0.15, -0.1) is 0 Å². The molecule has 23 heavy (non-hydrogen) atoms. The molecule has 0 aliphatic carbocycles. The largest absolute Gasteiger partial charge is 0.433 e. The summed E-state index contributed by atoms with van der Waals surface area (Å²) in [5, 5.41) is 11.3. The van der Waals surface area contributed by atoms with Crippen LogP contribution in [0.1, 0.15) is 26.5 Å². The number of carbonyl (C=O) groups is 1. The Morgan fingerprint density at radius 3 is 2.61 bits per heavy atom. The molecule has 0 unspecified atom stereocenters. The number of carbonyl (C=O) groups excluding carboxylic acids is 1. The fourth-order valence-electron chi connectivity index (χ4n) is 1.41. The molecule has 126 valence electrons. The van der Waals surface area contributed by atoms with E-state index in [0.717, 1.165) is 0 Å². The number of hydrogen-bond donors (Lipinski definition) is 2. The zero-order valence-electron chi connectivity index (χ0n) is 12.6. The van der Waals surface area contributed by atoms with Gasteiger partial charge >= 0.3 is 6.18 Å². The van der Waals surface area contributed by atoms with Crippen LogP contribution >= 0.6 is 11.8 Å². The second-order valence-corrected chi connectivity index (χ2v) is 6.20. The molecule has 1 rings (SSSR count). The highest BCUT2D eigenvalue weighted by Gasteiger charge is 2.34. The molecule has 0 saturated heterocycles. The number of amides is 1. The lowest BCUT2D eigenvalue weighted by molar-refractivity contribution is -0.141. The first-order valence-electron chi connectivity index (χ1n) is 6.51. The number of halogens is 3. The molecule has 0 radical (unpaired) electrons. The van der Waals surface area contributed by atoms with Crippen LogP contribution in [0.25, 0.3) is 0 Å². The first-order valence-corrected chi connectivity index (χ1v) is 7.50. The number of thioether (sulfide) groups is 1. The molecule has 1 amide bonds. The van der Waals surface area contributed by atoms with Crippen LogP contribution < -0.4 is 10.9 Å². The van der Waals surface area contributed by atoms with Crippen molar-refractivity contribution in [3.8, 4) is 6.07 Å². The van der Waals surface area contributed by atoms with E-state index in [1.165, 1.54) is 0 Å². The van der Waals surface area contributed by atoms with Crippen molar-refractivity contribution in [1.82, 2.24) is 15.3 Å². The van der Waals surface area contributed by atoms with E-state index in [4.69, 9.17) is 5.26 Å². The normalized spacial score (nSPS) is 14.2. The SMILES string of the molecule is CC(C)[C@@](C)(C#N)NC(=O)CSc1nc(C(F)(F)F)cc(=O)[nH]1. The third kappa shape index (κ3) is 5.28. The number of aromatic nitrogens is 2. The van der Waals surface area contributed by atoms with Crippen LogP contribution in [0.15, 0.2) is 16.0 Å². The van der Waals surface area contributed by atoms with Gasteiger partial charge in [0.15, 0.2) is 10.9 Å². The Bertz CT molecular complexity index is 681. The highest BCUT2D eigenvalue weighted by molar-refractivity contribution is 7.99. The summed E-state index contributed by atoms with van der Waals surface area (Å²) in [6, 6.07) is 2.32. The minimum absolute atomic E-state index is 0.159. The minimum Gasteiger partial charge on any atom is -0.337 e. The van der Waals surface area contributed by atoms with Crippen LogP contribution in [-0.2, 0) is 11.0 Å². The number of aromatic amines is 1. The molecule has 0 saturated carbocycles. The van der Waals surface area contributed by atoms with Gasteiger partial charge in [0.05, 0.1) is 11.8 Å². The molecule has 2 N–H and O–H groups in total. The van der Waals surface area contributed by atoms with Gasteiger partial charge in [0.1, 0.15) is 5.54 Å². The van der Waals surface area contributed by atoms with Crippen molar-refractivity contribution in [3.05, 3.63) is 22.1 Å². The molecule has 1 aromatic heterocycles. The Morgan fingerprint density at radius 2 is 2.13 bits per heavy atom. The number of H-pyrrole nitrogens is 1. The van der Waals surface area contributed by atoms with Crippen LogP contribution in [0.4, 0.5) is 13.2 Å². The summed E-state index contributed by atoms with van der Waals surface area (Å²) in [7, 11) is 0. The molecule has 0 fully saturated rings. The molecule has 1 atom stereocenters. The van der Waals surface area contributed by atoms with Crippen molar-refractivity contribution in [2.75, 3.05) is 5.75 Å². The molecule has 0 aliphatic heterocycles. The summed E-state index contributed by atoms with van der Waals surface area (Å²) in [4.78, 5) is 28.4. The number of nitrogens with zero attached hydrogens (tertiary/aromatic N) is 2. The maximum atomic E-state index is 12.6. The monoisotopic (exact) mass is 348 g/mol. The maximum absolute atomic E-state index is 12.6. The Balaban J connectivity index is 2.80. The van der Waals surface area contributed by atoms with Gasteiger partial charge in [-0.2, -0.15) is 18.4 Å². The average molecular weight is 348 g/mol. The van der Waals surface area contributed by atoms with Crippen LogP contribution in [0.2, 0.25) is 0 Å². The number of hydrogen-bond acceptors (Lipinski definition) is 5. The van der Waals surface area contributed by atoms with E-state index in [-0.39, 0.29) is 16.8 Å². The standard InChI is InChI=1S/C13H15F3N4O2S/c1-7(2)12(3,6-17)20-10(22)5-23-11-18-8(13(14,15)16)4-9(21)19-11/h4,7H,5H2,1-3H3,(H,20,22)(H,18,19,21)/t12-/m1/s1. The molecule has 0 aliphatic rings. The highest BCUT2D eigenvalue weighted by atomic mass is 32.2. The third-order valence-electron chi connectivity index (χ3n) is 3.14. The van der Waals surface area contributed by atoms with Gasteiger partial charge in [-0.25, -0.2) is 4.98 Å². The molecule has 0 aromatic carbocycles. The average Bonchev–Trinajstić information content (AvgIpc) is 2.43. The van der Waals surface area contributed by atoms with Gasteiger partial charge in [-0.05, 0) is 12.8 Å². The van der Waals surface area contributed by atoms with Gasteiger partial charge in [0.2, 0.25) is 5.91 Å². The van der Waals surface area contributed by atoms with E-state index in [1.807, 2.05) is 6.07 Å². The molecular formula is C13H15F3N4O2S. The summed E-state index contributed by atoms with van der Waals surface area (Å²) >= 11 is 0.648. The molecule has 1 aromatic rings. The highest BCUT2D eigenvalue weighted by Crippen LogP contribution is 2.27. The summed E-state index contributed by atoms with van der Waals surface area (Å²) < 4.78 is 37.7. The van der Waals surface area contributed by atoms with E-state index < -0.39 is 28.9 Å². The van der Waals surface area contributed by atoms with Crippen molar-refractivity contribution in [1.29, 1.82) is 5.26 Å². The van der Waals surface area contributed by atoms with E-state index in [1.54, 1.807) is 20.8 Å². The van der Waals surface area contributed by atoms with Gasteiger partial charge in [0.25, 0.3) is 5.56 Å². The summed E-state index contributed by atoms with van der Waals surface area (Å²) in [5.74, 6) is -0.991. The van der Waals surface area contributed by atoms with Gasteiger partial charge in [0, 0.05) is 6.07 Å². The fourth-order valence-corrected chi connectivity index (χ4v) is 2.09.